The number of hydrogen-bond donors (Lipinski definition) is 0. The van der Waals surface area contributed by atoms with Gasteiger partial charge in [0.25, 0.3) is 0 Å². The monoisotopic (exact) mass is 438 g/mol. The first kappa shape index (κ1) is 25.2. The van der Waals surface area contributed by atoms with E-state index in [1.165, 1.54) is 0 Å². The van der Waals surface area contributed by atoms with Crippen molar-refractivity contribution in [3.63, 3.8) is 0 Å². The number of methoxy groups -OCH3 is 2. The van der Waals surface area contributed by atoms with E-state index >= 15 is 0 Å². The third-order valence-corrected chi connectivity index (χ3v) is 10.3. The minimum atomic E-state index is -1.91. The van der Waals surface area contributed by atoms with Gasteiger partial charge in [0.05, 0.1) is 13.2 Å². The highest BCUT2D eigenvalue weighted by Gasteiger charge is 2.42. The van der Waals surface area contributed by atoms with Gasteiger partial charge in [0.15, 0.2) is 8.32 Å². The van der Waals surface area contributed by atoms with Crippen LogP contribution in [-0.2, 0) is 34.7 Å². The quantitative estimate of drug-likeness (QED) is 0.272. The van der Waals surface area contributed by atoms with Gasteiger partial charge in [-0.2, -0.15) is 0 Å². The Morgan fingerprint density at radius 3 is 2.10 bits per heavy atom. The van der Waals surface area contributed by atoms with Gasteiger partial charge in [-0.25, -0.2) is 0 Å². The fraction of sp³-hybridized carbons (Fsp3) is 0.652. The van der Waals surface area contributed by atoms with Crippen LogP contribution in [0.3, 0.4) is 0 Å². The first-order chi connectivity index (χ1) is 14.2. The zero-order valence-electron chi connectivity index (χ0n) is 19.5. The Hall–Kier alpha value is -1.06. The standard InChI is InChI=1S/C23H38O6Si/c1-23(2,3)30(6,7)29-15-19-13-20(27-16-24-4)22(28-17-25-5)21(19)26-14-18-11-9-8-10-12-18/h8-13,20-22H,14-17H2,1-7H3/t20-,21-,22+/m0/s1. The van der Waals surface area contributed by atoms with Gasteiger partial charge in [-0.05, 0) is 35.3 Å². The zero-order chi connectivity index (χ0) is 22.2. The Morgan fingerprint density at radius 1 is 0.867 bits per heavy atom. The molecule has 170 valence electrons. The smallest absolute Gasteiger partial charge is 0.192 e. The van der Waals surface area contributed by atoms with Crippen molar-refractivity contribution in [2.45, 2.75) is 63.8 Å². The number of benzene rings is 1. The molecule has 1 aromatic carbocycles. The summed E-state index contributed by atoms with van der Waals surface area (Å²) in [5, 5.41) is 0.129. The molecular formula is C23H38O6Si. The van der Waals surface area contributed by atoms with E-state index in [9.17, 15) is 0 Å². The lowest BCUT2D eigenvalue weighted by molar-refractivity contribution is -0.169. The topological polar surface area (TPSA) is 55.4 Å². The van der Waals surface area contributed by atoms with Crippen molar-refractivity contribution < 1.29 is 28.1 Å². The van der Waals surface area contributed by atoms with Crippen LogP contribution in [0.25, 0.3) is 0 Å². The van der Waals surface area contributed by atoms with E-state index in [0.29, 0.717) is 13.2 Å². The molecule has 0 aromatic heterocycles. The number of ether oxygens (including phenoxy) is 5. The van der Waals surface area contributed by atoms with Crippen LogP contribution in [0.1, 0.15) is 26.3 Å². The van der Waals surface area contributed by atoms with E-state index in [0.717, 1.165) is 11.1 Å². The van der Waals surface area contributed by atoms with Gasteiger partial charge in [0.2, 0.25) is 0 Å². The molecule has 1 aliphatic rings. The fourth-order valence-corrected chi connectivity index (χ4v) is 3.94. The summed E-state index contributed by atoms with van der Waals surface area (Å²) < 4.78 is 34.9. The summed E-state index contributed by atoms with van der Waals surface area (Å²) in [5.41, 5.74) is 2.15. The highest BCUT2D eigenvalue weighted by molar-refractivity contribution is 6.74. The second kappa shape index (κ2) is 11.5. The first-order valence-electron chi connectivity index (χ1n) is 10.4. The van der Waals surface area contributed by atoms with E-state index < -0.39 is 8.32 Å². The molecule has 0 saturated carbocycles. The largest absolute Gasteiger partial charge is 0.413 e. The molecule has 30 heavy (non-hydrogen) atoms. The Kier molecular flexibility index (Phi) is 9.68. The number of hydrogen-bond acceptors (Lipinski definition) is 6. The van der Waals surface area contributed by atoms with Crippen LogP contribution in [0.4, 0.5) is 0 Å². The van der Waals surface area contributed by atoms with Crippen molar-refractivity contribution >= 4 is 8.32 Å². The molecule has 7 heteroatoms. The lowest BCUT2D eigenvalue weighted by atomic mass is 10.1. The Labute approximate surface area is 182 Å². The maximum Gasteiger partial charge on any atom is 0.192 e. The Balaban J connectivity index is 2.18. The third kappa shape index (κ3) is 6.98. The van der Waals surface area contributed by atoms with Crippen LogP contribution in [-0.4, -0.2) is 61.0 Å². The van der Waals surface area contributed by atoms with Gasteiger partial charge in [-0.1, -0.05) is 51.1 Å². The van der Waals surface area contributed by atoms with Gasteiger partial charge >= 0.3 is 0 Å². The lowest BCUT2D eigenvalue weighted by Gasteiger charge is -2.37. The fourth-order valence-electron chi connectivity index (χ4n) is 2.97. The van der Waals surface area contributed by atoms with E-state index in [2.05, 4.69) is 39.9 Å². The van der Waals surface area contributed by atoms with Gasteiger partial charge in [0.1, 0.15) is 31.9 Å². The lowest BCUT2D eigenvalue weighted by Crippen LogP contribution is -2.43. The molecule has 1 aromatic rings. The van der Waals surface area contributed by atoms with Crippen molar-refractivity contribution in [3.05, 3.63) is 47.5 Å². The Bertz CT molecular complexity index is 655. The minimum absolute atomic E-state index is 0.129. The van der Waals surface area contributed by atoms with Gasteiger partial charge < -0.3 is 28.1 Å². The van der Waals surface area contributed by atoms with Gasteiger partial charge in [0, 0.05) is 14.2 Å². The molecule has 0 N–H and O–H groups in total. The molecule has 0 unspecified atom stereocenters. The summed E-state index contributed by atoms with van der Waals surface area (Å²) in [5.74, 6) is 0. The van der Waals surface area contributed by atoms with Crippen LogP contribution in [0.2, 0.25) is 18.1 Å². The van der Waals surface area contributed by atoms with E-state index in [-0.39, 0.29) is 36.9 Å². The Morgan fingerprint density at radius 2 is 1.50 bits per heavy atom. The molecule has 0 amide bonds. The normalized spacial score (nSPS) is 22.4. The third-order valence-electron chi connectivity index (χ3n) is 5.80. The summed E-state index contributed by atoms with van der Waals surface area (Å²) in [6, 6.07) is 10.1. The average molecular weight is 439 g/mol. The highest BCUT2D eigenvalue weighted by Crippen LogP contribution is 2.38. The van der Waals surface area contributed by atoms with Crippen LogP contribution >= 0.6 is 0 Å². The van der Waals surface area contributed by atoms with Crippen molar-refractivity contribution in [2.75, 3.05) is 34.4 Å². The van der Waals surface area contributed by atoms with Crippen molar-refractivity contribution in [3.8, 4) is 0 Å². The summed E-state index contributed by atoms with van der Waals surface area (Å²) in [6.45, 7) is 12.5. The molecule has 0 spiro atoms. The molecule has 3 atom stereocenters. The summed E-state index contributed by atoms with van der Waals surface area (Å²) in [7, 11) is 1.30. The summed E-state index contributed by atoms with van der Waals surface area (Å²) in [4.78, 5) is 0. The predicted molar refractivity (Wildman–Crippen MR) is 120 cm³/mol. The van der Waals surface area contributed by atoms with Crippen molar-refractivity contribution in [2.24, 2.45) is 0 Å². The highest BCUT2D eigenvalue weighted by atomic mass is 28.4. The molecule has 0 saturated heterocycles. The number of rotatable bonds is 12. The second-order valence-corrected chi connectivity index (χ2v) is 13.9. The zero-order valence-corrected chi connectivity index (χ0v) is 20.5. The maximum absolute atomic E-state index is 6.48. The first-order valence-corrected chi connectivity index (χ1v) is 13.3. The molecule has 0 bridgehead atoms. The molecule has 6 nitrogen and oxygen atoms in total. The van der Waals surface area contributed by atoms with E-state index in [4.69, 9.17) is 28.1 Å². The molecule has 1 aliphatic carbocycles. The van der Waals surface area contributed by atoms with Crippen molar-refractivity contribution in [1.82, 2.24) is 0 Å². The molecule has 0 fully saturated rings. The van der Waals surface area contributed by atoms with Crippen LogP contribution in [0.15, 0.2) is 42.0 Å². The van der Waals surface area contributed by atoms with Crippen LogP contribution < -0.4 is 0 Å². The van der Waals surface area contributed by atoms with Gasteiger partial charge in [-0.15, -0.1) is 0 Å². The van der Waals surface area contributed by atoms with Crippen LogP contribution in [0, 0.1) is 0 Å². The molecule has 0 aliphatic heterocycles. The minimum Gasteiger partial charge on any atom is -0.413 e. The maximum atomic E-state index is 6.48. The van der Waals surface area contributed by atoms with Crippen LogP contribution in [0.5, 0.6) is 0 Å². The predicted octanol–water partition coefficient (Wildman–Crippen LogP) is 4.51. The molecule has 0 heterocycles. The summed E-state index contributed by atoms with van der Waals surface area (Å²) in [6.07, 6.45) is 1.15. The second-order valence-electron chi connectivity index (χ2n) is 9.08. The summed E-state index contributed by atoms with van der Waals surface area (Å²) >= 11 is 0. The van der Waals surface area contributed by atoms with E-state index in [1.807, 2.05) is 30.3 Å². The molecule has 0 radical (unpaired) electrons. The van der Waals surface area contributed by atoms with Crippen molar-refractivity contribution in [1.29, 1.82) is 0 Å². The van der Waals surface area contributed by atoms with E-state index in [1.54, 1.807) is 14.2 Å². The van der Waals surface area contributed by atoms with Gasteiger partial charge in [-0.3, -0.25) is 0 Å². The SMILES string of the molecule is COCO[C@@H]1[C@@H](OCOC)C=C(CO[Si](C)(C)C(C)(C)C)[C@@H]1OCc1ccccc1. The molecule has 2 rings (SSSR count). The average Bonchev–Trinajstić information content (AvgIpc) is 3.04. The molecular weight excluding hydrogens is 400 g/mol.